The molecule has 166 valence electrons. The van der Waals surface area contributed by atoms with Crippen molar-refractivity contribution in [2.45, 2.75) is 33.7 Å². The third-order valence-electron chi connectivity index (χ3n) is 5.76. The van der Waals surface area contributed by atoms with Crippen molar-refractivity contribution in [3.63, 3.8) is 0 Å². The summed E-state index contributed by atoms with van der Waals surface area (Å²) in [4.78, 5) is 34.1. The van der Waals surface area contributed by atoms with Crippen LogP contribution < -0.4 is 14.7 Å². The molecule has 8 heteroatoms. The van der Waals surface area contributed by atoms with Crippen molar-refractivity contribution in [1.82, 2.24) is 9.88 Å². The number of nitrogens with one attached hydrogen (secondary N) is 1. The predicted octanol–water partition coefficient (Wildman–Crippen LogP) is 1.07. The second-order valence-corrected chi connectivity index (χ2v) is 8.81. The number of thiazole rings is 1. The zero-order valence-corrected chi connectivity index (χ0v) is 19.5. The zero-order valence-electron chi connectivity index (χ0n) is 18.7. The fourth-order valence-corrected chi connectivity index (χ4v) is 4.88. The number of nitrogens with zero attached hydrogens (tertiary/aromatic N) is 2. The molecule has 0 aliphatic carbocycles. The molecule has 1 aromatic carbocycles. The monoisotopic (exact) mass is 443 g/mol. The van der Waals surface area contributed by atoms with Crippen molar-refractivity contribution >= 4 is 23.0 Å². The summed E-state index contributed by atoms with van der Waals surface area (Å²) in [7, 11) is 1.56. The highest BCUT2D eigenvalue weighted by Crippen LogP contribution is 2.39. The maximum atomic E-state index is 13.5. The molecule has 3 rings (SSSR count). The number of quaternary nitrogens is 1. The van der Waals surface area contributed by atoms with Crippen LogP contribution in [0.5, 0.6) is 5.75 Å². The van der Waals surface area contributed by atoms with Crippen LogP contribution in [0.25, 0.3) is 0 Å². The minimum atomic E-state index is -0.737. The summed E-state index contributed by atoms with van der Waals surface area (Å²) in [5.41, 5.74) is 1.27. The van der Waals surface area contributed by atoms with Gasteiger partial charge in [-0.25, -0.2) is 4.98 Å². The van der Waals surface area contributed by atoms with Crippen molar-refractivity contribution in [3.05, 3.63) is 56.7 Å². The number of ketones is 1. The van der Waals surface area contributed by atoms with E-state index < -0.39 is 23.5 Å². The highest BCUT2D eigenvalue weighted by Gasteiger charge is 2.40. The number of carbonyl (C=O) groups excluding carboxylic acids is 2. The average Bonchev–Trinajstić information content (AvgIpc) is 3.24. The molecule has 1 aliphatic rings. The van der Waals surface area contributed by atoms with E-state index in [0.717, 1.165) is 18.1 Å². The highest BCUT2D eigenvalue weighted by molar-refractivity contribution is 7.14. The zero-order chi connectivity index (χ0) is 22.7. The van der Waals surface area contributed by atoms with Crippen LogP contribution >= 0.6 is 11.3 Å². The summed E-state index contributed by atoms with van der Waals surface area (Å²) in [5, 5.41) is 13.8. The second-order valence-electron chi connectivity index (χ2n) is 7.60. The number of Topliss-reactive ketones (excluding diaryl/α,β-unsaturated/α-hetero) is 1. The molecule has 7 nitrogen and oxygen atoms in total. The van der Waals surface area contributed by atoms with Crippen LogP contribution in [0.15, 0.2) is 35.6 Å². The third-order valence-corrected chi connectivity index (χ3v) is 6.83. The van der Waals surface area contributed by atoms with Gasteiger partial charge in [0.05, 0.1) is 54.9 Å². The number of aryl methyl sites for hydroxylation is 2. The maximum Gasteiger partial charge on any atom is 0.240 e. The number of carbonyl (C=O) groups is 2. The van der Waals surface area contributed by atoms with Crippen molar-refractivity contribution in [2.75, 3.05) is 33.3 Å². The topological polar surface area (TPSA) is 87.0 Å². The molecule has 1 unspecified atom stereocenters. The first-order chi connectivity index (χ1) is 14.8. The summed E-state index contributed by atoms with van der Waals surface area (Å²) in [5.74, 6) is -1.15. The Hall–Kier alpha value is -2.71. The van der Waals surface area contributed by atoms with Crippen LogP contribution in [-0.4, -0.2) is 54.9 Å². The summed E-state index contributed by atoms with van der Waals surface area (Å²) >= 11 is 1.25. The number of hydrogen-bond donors (Lipinski definition) is 1. The molecule has 0 spiro atoms. The Balaban J connectivity index is 2.06. The molecule has 1 amide bonds. The number of methoxy groups -OCH3 is 1. The number of hydrogen-bond acceptors (Lipinski definition) is 6. The molecule has 0 bridgehead atoms. The van der Waals surface area contributed by atoms with E-state index in [1.165, 1.54) is 16.2 Å². The lowest BCUT2D eigenvalue weighted by Gasteiger charge is -2.29. The van der Waals surface area contributed by atoms with Crippen molar-refractivity contribution < 1.29 is 24.3 Å². The largest absolute Gasteiger partial charge is 0.868 e. The van der Waals surface area contributed by atoms with Crippen molar-refractivity contribution in [2.24, 2.45) is 0 Å². The molecule has 1 aromatic heterocycles. The predicted molar refractivity (Wildman–Crippen MR) is 117 cm³/mol. The molecule has 1 atom stereocenters. The first kappa shape index (κ1) is 23.0. The van der Waals surface area contributed by atoms with Gasteiger partial charge in [0.2, 0.25) is 11.7 Å². The normalized spacial score (nSPS) is 16.5. The first-order valence-electron chi connectivity index (χ1n) is 10.5. The first-order valence-corrected chi connectivity index (χ1v) is 11.3. The molecule has 0 saturated heterocycles. The van der Waals surface area contributed by atoms with Crippen molar-refractivity contribution in [3.8, 4) is 5.75 Å². The van der Waals surface area contributed by atoms with Crippen LogP contribution in [0, 0.1) is 13.8 Å². The van der Waals surface area contributed by atoms with E-state index in [1.54, 1.807) is 37.1 Å². The van der Waals surface area contributed by atoms with Gasteiger partial charge >= 0.3 is 0 Å². The SMILES string of the molecule is CC[NH+](CC)CCN1C(=O)C([O-])=C(C(=O)c2sc(C)nc2C)C1c1cccc(OC)c1. The maximum absolute atomic E-state index is 13.5. The van der Waals surface area contributed by atoms with Crippen LogP contribution in [-0.2, 0) is 4.79 Å². The quantitative estimate of drug-likeness (QED) is 0.586. The molecule has 0 saturated carbocycles. The van der Waals surface area contributed by atoms with E-state index in [4.69, 9.17) is 4.74 Å². The van der Waals surface area contributed by atoms with Gasteiger partial charge < -0.3 is 19.6 Å². The smallest absolute Gasteiger partial charge is 0.240 e. The Labute approximate surface area is 187 Å². The van der Waals surface area contributed by atoms with E-state index >= 15 is 0 Å². The van der Waals surface area contributed by atoms with Gasteiger partial charge in [-0.2, -0.15) is 0 Å². The second kappa shape index (κ2) is 9.62. The number of amides is 1. The lowest BCUT2D eigenvalue weighted by Crippen LogP contribution is -3.12. The lowest BCUT2D eigenvalue weighted by atomic mass is 9.95. The van der Waals surface area contributed by atoms with Crippen LogP contribution in [0.2, 0.25) is 0 Å². The summed E-state index contributed by atoms with van der Waals surface area (Å²) < 4.78 is 5.34. The van der Waals surface area contributed by atoms with Crippen LogP contribution in [0.4, 0.5) is 0 Å². The Kier molecular flexibility index (Phi) is 7.12. The Morgan fingerprint density at radius 3 is 2.58 bits per heavy atom. The van der Waals surface area contributed by atoms with E-state index in [0.29, 0.717) is 35.0 Å². The van der Waals surface area contributed by atoms with Gasteiger partial charge in [-0.1, -0.05) is 12.1 Å². The van der Waals surface area contributed by atoms with E-state index in [1.807, 2.05) is 13.0 Å². The molecule has 2 aromatic rings. The van der Waals surface area contributed by atoms with E-state index in [2.05, 4.69) is 18.8 Å². The van der Waals surface area contributed by atoms with Gasteiger partial charge in [0, 0.05) is 5.57 Å². The minimum Gasteiger partial charge on any atom is -0.868 e. The molecular weight excluding hydrogens is 414 g/mol. The number of benzene rings is 1. The summed E-state index contributed by atoms with van der Waals surface area (Å²) in [6.45, 7) is 10.7. The molecule has 0 radical (unpaired) electrons. The fourth-order valence-electron chi connectivity index (χ4n) is 4.01. The summed E-state index contributed by atoms with van der Waals surface area (Å²) in [6.07, 6.45) is 0. The standard InChI is InChI=1S/C23H29N3O4S/c1-6-25(7-2)11-12-26-19(16-9-8-10-17(13-16)30-5)18(21(28)23(26)29)20(27)22-14(3)24-15(4)31-22/h8-10,13,19,28H,6-7,11-12H2,1-5H3. The van der Waals surface area contributed by atoms with Gasteiger partial charge in [-0.3, -0.25) is 9.59 Å². The Morgan fingerprint density at radius 2 is 2.00 bits per heavy atom. The van der Waals surface area contributed by atoms with Gasteiger partial charge in [0.25, 0.3) is 0 Å². The Bertz CT molecular complexity index is 1010. The minimum absolute atomic E-state index is 0.000417. The molecule has 1 aliphatic heterocycles. The number of ether oxygens (including phenoxy) is 1. The number of rotatable bonds is 9. The highest BCUT2D eigenvalue weighted by atomic mass is 32.1. The molecule has 31 heavy (non-hydrogen) atoms. The van der Waals surface area contributed by atoms with Crippen molar-refractivity contribution in [1.29, 1.82) is 0 Å². The summed E-state index contributed by atoms with van der Waals surface area (Å²) in [6, 6.07) is 6.48. The van der Waals surface area contributed by atoms with Gasteiger partial charge in [-0.15, -0.1) is 11.3 Å². The van der Waals surface area contributed by atoms with Gasteiger partial charge in [-0.05, 0) is 51.2 Å². The van der Waals surface area contributed by atoms with E-state index in [-0.39, 0.29) is 5.57 Å². The van der Waals surface area contributed by atoms with Crippen LogP contribution in [0.3, 0.4) is 0 Å². The fraction of sp³-hybridized carbons (Fsp3) is 0.435. The number of likely N-dealkylation sites (N-methyl/N-ethyl adjacent to an activating group) is 1. The lowest BCUT2D eigenvalue weighted by molar-refractivity contribution is -0.895. The van der Waals surface area contributed by atoms with E-state index in [9.17, 15) is 14.7 Å². The number of aromatic nitrogens is 1. The van der Waals surface area contributed by atoms with Gasteiger partial charge in [0.1, 0.15) is 5.75 Å². The average molecular weight is 444 g/mol. The molecular formula is C23H29N3O4S. The molecule has 1 N–H and O–H groups in total. The van der Waals surface area contributed by atoms with Crippen LogP contribution in [0.1, 0.15) is 45.8 Å². The molecule has 0 fully saturated rings. The van der Waals surface area contributed by atoms with Gasteiger partial charge in [0.15, 0.2) is 0 Å². The molecule has 2 heterocycles. The Morgan fingerprint density at radius 1 is 1.29 bits per heavy atom. The third kappa shape index (κ3) is 4.50.